The highest BCUT2D eigenvalue weighted by Gasteiger charge is 2.24. The zero-order chi connectivity index (χ0) is 9.26. The van der Waals surface area contributed by atoms with Gasteiger partial charge in [0.15, 0.2) is 11.4 Å². The third kappa shape index (κ3) is 1.78. The molecule has 0 bridgehead atoms. The van der Waals surface area contributed by atoms with Crippen molar-refractivity contribution in [2.75, 3.05) is 20.3 Å². The molecule has 72 valence electrons. The maximum atomic E-state index is 5.86. The highest BCUT2D eigenvalue weighted by Crippen LogP contribution is 2.37. The molecule has 4 nitrogen and oxygen atoms in total. The summed E-state index contributed by atoms with van der Waals surface area (Å²) in [6.45, 7) is 1.20. The summed E-state index contributed by atoms with van der Waals surface area (Å²) in [7, 11) is 1.55. The number of halogens is 1. The summed E-state index contributed by atoms with van der Waals surface area (Å²) in [6.07, 6.45) is -0.367. The summed E-state index contributed by atoms with van der Waals surface area (Å²) in [4.78, 5) is 4.75. The molecule has 0 aromatic carbocycles. The van der Waals surface area contributed by atoms with E-state index in [2.05, 4.69) is 4.98 Å². The minimum absolute atomic E-state index is 0.367. The molecule has 0 saturated carbocycles. The molecule has 2 heterocycles. The first-order chi connectivity index (χ1) is 6.31. The first-order valence-corrected chi connectivity index (χ1v) is 4.94. The zero-order valence-electron chi connectivity index (χ0n) is 6.95. The summed E-state index contributed by atoms with van der Waals surface area (Å²) < 4.78 is 15.5. The molecule has 6 heteroatoms. The zero-order valence-corrected chi connectivity index (χ0v) is 8.52. The van der Waals surface area contributed by atoms with E-state index in [1.165, 1.54) is 11.3 Å². The van der Waals surface area contributed by atoms with Gasteiger partial charge in [0.1, 0.15) is 4.88 Å². The number of hydrogen-bond donors (Lipinski definition) is 0. The molecule has 1 aromatic heterocycles. The largest absolute Gasteiger partial charge is 0.473 e. The predicted octanol–water partition coefficient (Wildman–Crippen LogP) is 1.85. The maximum Gasteiger partial charge on any atom is 0.274 e. The summed E-state index contributed by atoms with van der Waals surface area (Å²) in [6, 6.07) is 0. The molecular weight excluding hydrogens is 214 g/mol. The Morgan fingerprint density at radius 3 is 2.77 bits per heavy atom. The van der Waals surface area contributed by atoms with Gasteiger partial charge >= 0.3 is 0 Å². The van der Waals surface area contributed by atoms with Crippen molar-refractivity contribution in [3.63, 3.8) is 0 Å². The minimum atomic E-state index is -0.367. The number of rotatable bonds is 2. The van der Waals surface area contributed by atoms with E-state index in [1.54, 1.807) is 7.11 Å². The number of hydrogen-bond acceptors (Lipinski definition) is 5. The van der Waals surface area contributed by atoms with E-state index in [0.29, 0.717) is 23.6 Å². The second-order valence-corrected chi connectivity index (χ2v) is 3.76. The lowest BCUT2D eigenvalue weighted by molar-refractivity contribution is -0.0413. The fourth-order valence-electron chi connectivity index (χ4n) is 1.04. The molecule has 1 saturated heterocycles. The standard InChI is InChI=1S/C7H8ClNO3S/c1-10-7-9-5(8)4(13-7)6-11-2-3-12-6/h6H,2-3H2,1H3. The maximum absolute atomic E-state index is 5.86. The van der Waals surface area contributed by atoms with E-state index in [1.807, 2.05) is 0 Å². The summed E-state index contributed by atoms with van der Waals surface area (Å²) >= 11 is 7.20. The van der Waals surface area contributed by atoms with Crippen LogP contribution in [-0.4, -0.2) is 25.3 Å². The molecular formula is C7H8ClNO3S. The van der Waals surface area contributed by atoms with Crippen molar-refractivity contribution < 1.29 is 14.2 Å². The average molecular weight is 222 g/mol. The smallest absolute Gasteiger partial charge is 0.274 e. The van der Waals surface area contributed by atoms with E-state index in [0.717, 1.165) is 4.88 Å². The highest BCUT2D eigenvalue weighted by molar-refractivity contribution is 7.14. The molecule has 0 radical (unpaired) electrons. The number of methoxy groups -OCH3 is 1. The Morgan fingerprint density at radius 2 is 2.23 bits per heavy atom. The van der Waals surface area contributed by atoms with Gasteiger partial charge in [0.2, 0.25) is 0 Å². The Balaban J connectivity index is 2.22. The lowest BCUT2D eigenvalue weighted by atomic mass is 10.5. The topological polar surface area (TPSA) is 40.6 Å². The van der Waals surface area contributed by atoms with Crippen molar-refractivity contribution in [1.82, 2.24) is 4.98 Å². The van der Waals surface area contributed by atoms with E-state index < -0.39 is 0 Å². The Hall–Kier alpha value is -0.360. The van der Waals surface area contributed by atoms with Gasteiger partial charge < -0.3 is 14.2 Å². The van der Waals surface area contributed by atoms with E-state index in [-0.39, 0.29) is 6.29 Å². The molecule has 0 unspecified atom stereocenters. The Morgan fingerprint density at radius 1 is 1.54 bits per heavy atom. The van der Waals surface area contributed by atoms with Crippen LogP contribution in [0.25, 0.3) is 0 Å². The van der Waals surface area contributed by atoms with Crippen LogP contribution in [0.2, 0.25) is 5.15 Å². The molecule has 1 aliphatic rings. The lowest BCUT2D eigenvalue weighted by Crippen LogP contribution is -1.94. The molecule has 1 aromatic rings. The molecule has 0 N–H and O–H groups in total. The van der Waals surface area contributed by atoms with Crippen molar-refractivity contribution in [1.29, 1.82) is 0 Å². The minimum Gasteiger partial charge on any atom is -0.473 e. The van der Waals surface area contributed by atoms with Crippen LogP contribution in [0.1, 0.15) is 11.2 Å². The third-order valence-corrected chi connectivity index (χ3v) is 3.04. The van der Waals surface area contributed by atoms with Gasteiger partial charge in [-0.25, -0.2) is 0 Å². The van der Waals surface area contributed by atoms with Crippen LogP contribution in [-0.2, 0) is 9.47 Å². The van der Waals surface area contributed by atoms with Crippen molar-refractivity contribution in [2.45, 2.75) is 6.29 Å². The van der Waals surface area contributed by atoms with Crippen LogP contribution < -0.4 is 4.74 Å². The fraction of sp³-hybridized carbons (Fsp3) is 0.571. The van der Waals surface area contributed by atoms with Gasteiger partial charge in [-0.1, -0.05) is 22.9 Å². The Labute approximate surface area is 84.4 Å². The summed E-state index contributed by atoms with van der Waals surface area (Å²) in [5, 5.41) is 0.924. The van der Waals surface area contributed by atoms with Crippen LogP contribution in [0.4, 0.5) is 0 Å². The predicted molar refractivity (Wildman–Crippen MR) is 48.3 cm³/mol. The van der Waals surface area contributed by atoms with E-state index >= 15 is 0 Å². The third-order valence-electron chi connectivity index (χ3n) is 1.60. The summed E-state index contributed by atoms with van der Waals surface area (Å²) in [5.41, 5.74) is 0. The van der Waals surface area contributed by atoms with Crippen molar-refractivity contribution in [3.05, 3.63) is 10.0 Å². The number of nitrogens with zero attached hydrogens (tertiary/aromatic N) is 1. The number of aromatic nitrogens is 1. The normalized spacial score (nSPS) is 18.0. The molecule has 0 amide bonds. The van der Waals surface area contributed by atoms with Crippen molar-refractivity contribution >= 4 is 22.9 Å². The van der Waals surface area contributed by atoms with Crippen LogP contribution in [0.5, 0.6) is 5.19 Å². The van der Waals surface area contributed by atoms with E-state index in [4.69, 9.17) is 25.8 Å². The Bertz CT molecular complexity index is 298. The first-order valence-electron chi connectivity index (χ1n) is 3.74. The Kier molecular flexibility index (Phi) is 2.69. The first kappa shape index (κ1) is 9.21. The fourth-order valence-corrected chi connectivity index (χ4v) is 2.14. The average Bonchev–Trinajstić information content (AvgIpc) is 2.72. The van der Waals surface area contributed by atoms with Gasteiger partial charge in [-0.3, -0.25) is 0 Å². The van der Waals surface area contributed by atoms with Gasteiger partial charge in [0, 0.05) is 0 Å². The van der Waals surface area contributed by atoms with Gasteiger partial charge in [0.05, 0.1) is 20.3 Å². The number of ether oxygens (including phenoxy) is 3. The molecule has 1 aliphatic heterocycles. The van der Waals surface area contributed by atoms with Crippen molar-refractivity contribution in [2.24, 2.45) is 0 Å². The van der Waals surface area contributed by atoms with Gasteiger partial charge in [0.25, 0.3) is 5.19 Å². The van der Waals surface area contributed by atoms with E-state index in [9.17, 15) is 0 Å². The quantitative estimate of drug-likeness (QED) is 0.764. The highest BCUT2D eigenvalue weighted by atomic mass is 35.5. The van der Waals surface area contributed by atoms with Crippen LogP contribution in [0.15, 0.2) is 0 Å². The molecule has 2 rings (SSSR count). The number of thiazole rings is 1. The van der Waals surface area contributed by atoms with Gasteiger partial charge in [-0.2, -0.15) is 4.98 Å². The second-order valence-electron chi connectivity index (χ2n) is 2.41. The van der Waals surface area contributed by atoms with Gasteiger partial charge in [-0.05, 0) is 0 Å². The molecule has 13 heavy (non-hydrogen) atoms. The molecule has 0 atom stereocenters. The van der Waals surface area contributed by atoms with Crippen LogP contribution in [0, 0.1) is 0 Å². The SMILES string of the molecule is COc1nc(Cl)c(C2OCCO2)s1. The molecule has 1 fully saturated rings. The van der Waals surface area contributed by atoms with Gasteiger partial charge in [-0.15, -0.1) is 0 Å². The van der Waals surface area contributed by atoms with Crippen molar-refractivity contribution in [3.8, 4) is 5.19 Å². The van der Waals surface area contributed by atoms with Crippen LogP contribution >= 0.6 is 22.9 Å². The molecule has 0 spiro atoms. The van der Waals surface area contributed by atoms with Crippen LogP contribution in [0.3, 0.4) is 0 Å². The molecule has 0 aliphatic carbocycles. The lowest BCUT2D eigenvalue weighted by Gasteiger charge is -2.04. The monoisotopic (exact) mass is 221 g/mol. The summed E-state index contributed by atoms with van der Waals surface area (Å²) in [5.74, 6) is 0. The second kappa shape index (κ2) is 3.79.